The maximum Gasteiger partial charge on any atom is 0.262 e. The fraction of sp³-hybridized carbons (Fsp3) is 0.500. The van der Waals surface area contributed by atoms with Crippen molar-refractivity contribution in [3.8, 4) is 0 Å². The summed E-state index contributed by atoms with van der Waals surface area (Å²) in [6.45, 7) is 5.59. The number of nitrogens with one attached hydrogen (secondary N) is 1. The monoisotopic (exact) mass is 350 g/mol. The first kappa shape index (κ1) is 18.5. The molecule has 0 unspecified atom stereocenters. The van der Waals surface area contributed by atoms with E-state index in [1.807, 2.05) is 6.07 Å². The van der Waals surface area contributed by atoms with E-state index < -0.39 is 10.0 Å². The highest BCUT2D eigenvalue weighted by molar-refractivity contribution is 7.92. The van der Waals surface area contributed by atoms with E-state index in [0.29, 0.717) is 17.1 Å². The summed E-state index contributed by atoms with van der Waals surface area (Å²) in [5.74, 6) is 0.461. The summed E-state index contributed by atoms with van der Waals surface area (Å²) in [5.41, 5.74) is 2.00. The molecule has 0 spiro atoms. The Morgan fingerprint density at radius 1 is 1.12 bits per heavy atom. The van der Waals surface area contributed by atoms with Crippen LogP contribution in [0.2, 0.25) is 0 Å². The molecule has 0 bridgehead atoms. The molecule has 2 rings (SSSR count). The van der Waals surface area contributed by atoms with Crippen LogP contribution in [0.5, 0.6) is 0 Å². The highest BCUT2D eigenvalue weighted by Gasteiger charge is 2.19. The van der Waals surface area contributed by atoms with Gasteiger partial charge >= 0.3 is 0 Å². The van der Waals surface area contributed by atoms with Crippen LogP contribution in [0.3, 0.4) is 0 Å². The van der Waals surface area contributed by atoms with E-state index in [1.54, 1.807) is 32.0 Å². The second-order valence-electron chi connectivity index (χ2n) is 6.12. The normalized spacial score (nSPS) is 11.6. The van der Waals surface area contributed by atoms with E-state index in [9.17, 15) is 8.42 Å². The number of unbranched alkanes of at least 4 members (excludes halogenated alkanes) is 4. The molecule has 24 heavy (non-hydrogen) atoms. The third-order valence-corrected chi connectivity index (χ3v) is 5.39. The van der Waals surface area contributed by atoms with Crippen LogP contribution in [0, 0.1) is 13.8 Å². The lowest BCUT2D eigenvalue weighted by atomic mass is 10.1. The van der Waals surface area contributed by atoms with Crippen LogP contribution in [-0.4, -0.2) is 13.6 Å². The average Bonchev–Trinajstić information content (AvgIpc) is 2.86. The lowest BCUT2D eigenvalue weighted by Gasteiger charge is -2.09. The Labute approximate surface area is 144 Å². The summed E-state index contributed by atoms with van der Waals surface area (Å²) < 4.78 is 32.8. The maximum absolute atomic E-state index is 12.6. The van der Waals surface area contributed by atoms with Gasteiger partial charge in [0.2, 0.25) is 0 Å². The molecule has 1 heterocycles. The molecule has 0 atom stereocenters. The first-order valence-electron chi connectivity index (χ1n) is 8.48. The molecule has 0 amide bonds. The zero-order chi connectivity index (χ0) is 17.6. The summed E-state index contributed by atoms with van der Waals surface area (Å²) >= 11 is 0. The van der Waals surface area contributed by atoms with Gasteiger partial charge in [0, 0.05) is 0 Å². The minimum absolute atomic E-state index is 0.272. The van der Waals surface area contributed by atoms with Gasteiger partial charge in [-0.2, -0.15) is 0 Å². The van der Waals surface area contributed by atoms with Crippen molar-refractivity contribution < 1.29 is 12.9 Å². The van der Waals surface area contributed by atoms with E-state index in [2.05, 4.69) is 16.8 Å². The zero-order valence-corrected chi connectivity index (χ0v) is 15.4. The van der Waals surface area contributed by atoms with Gasteiger partial charge in [0.25, 0.3) is 10.0 Å². The molecule has 6 heteroatoms. The number of aromatic nitrogens is 1. The number of hydrogen-bond acceptors (Lipinski definition) is 4. The van der Waals surface area contributed by atoms with Gasteiger partial charge in [0.05, 0.1) is 4.90 Å². The minimum atomic E-state index is -3.64. The molecule has 1 aromatic carbocycles. The van der Waals surface area contributed by atoms with Gasteiger partial charge in [-0.3, -0.25) is 4.72 Å². The van der Waals surface area contributed by atoms with Crippen molar-refractivity contribution in [1.82, 2.24) is 5.16 Å². The van der Waals surface area contributed by atoms with Crippen LogP contribution in [0.15, 0.2) is 33.7 Å². The third-order valence-electron chi connectivity index (χ3n) is 4.05. The summed E-state index contributed by atoms with van der Waals surface area (Å²) in [7, 11) is -3.64. The lowest BCUT2D eigenvalue weighted by Crippen LogP contribution is -2.14. The Morgan fingerprint density at radius 3 is 2.54 bits per heavy atom. The van der Waals surface area contributed by atoms with E-state index in [-0.39, 0.29) is 4.90 Å². The first-order valence-corrected chi connectivity index (χ1v) is 9.97. The highest BCUT2D eigenvalue weighted by Crippen LogP contribution is 2.23. The van der Waals surface area contributed by atoms with Crippen molar-refractivity contribution >= 4 is 15.7 Å². The molecule has 132 valence electrons. The van der Waals surface area contributed by atoms with Crippen LogP contribution < -0.4 is 4.72 Å². The predicted molar refractivity (Wildman–Crippen MR) is 95.7 cm³/mol. The Bertz CT molecular complexity index is 747. The molecule has 0 aliphatic rings. The second kappa shape index (κ2) is 8.33. The average molecular weight is 350 g/mol. The molecule has 0 aliphatic heterocycles. The summed E-state index contributed by atoms with van der Waals surface area (Å²) in [6.07, 6.45) is 6.89. The maximum atomic E-state index is 12.6. The number of sulfonamides is 1. The predicted octanol–water partition coefficient (Wildman–Crippen LogP) is 4.61. The van der Waals surface area contributed by atoms with E-state index >= 15 is 0 Å². The van der Waals surface area contributed by atoms with Crippen molar-refractivity contribution in [3.05, 3.63) is 41.3 Å². The van der Waals surface area contributed by atoms with Crippen LogP contribution in [0.25, 0.3) is 0 Å². The molecule has 5 nitrogen and oxygen atoms in total. The van der Waals surface area contributed by atoms with Crippen LogP contribution in [0.1, 0.15) is 56.0 Å². The van der Waals surface area contributed by atoms with Gasteiger partial charge in [-0.25, -0.2) is 8.42 Å². The Balaban J connectivity index is 2.06. The fourth-order valence-electron chi connectivity index (χ4n) is 2.62. The van der Waals surface area contributed by atoms with Crippen molar-refractivity contribution in [1.29, 1.82) is 0 Å². The van der Waals surface area contributed by atoms with Gasteiger partial charge in [-0.15, -0.1) is 0 Å². The molecular weight excluding hydrogens is 324 g/mol. The van der Waals surface area contributed by atoms with Gasteiger partial charge in [0.15, 0.2) is 5.76 Å². The molecule has 0 aliphatic carbocycles. The number of nitrogens with zero attached hydrogens (tertiary/aromatic N) is 1. The molecule has 0 fully saturated rings. The highest BCUT2D eigenvalue weighted by atomic mass is 32.2. The number of hydrogen-bond donors (Lipinski definition) is 1. The van der Waals surface area contributed by atoms with Crippen LogP contribution in [-0.2, 0) is 16.4 Å². The number of benzene rings is 1. The topological polar surface area (TPSA) is 72.2 Å². The van der Waals surface area contributed by atoms with Gasteiger partial charge in [0.1, 0.15) is 11.4 Å². The molecule has 0 radical (unpaired) electrons. The fourth-order valence-corrected chi connectivity index (χ4v) is 3.87. The number of aryl methyl sites for hydroxylation is 3. The van der Waals surface area contributed by atoms with Gasteiger partial charge in [-0.05, 0) is 44.4 Å². The molecule has 2 aromatic rings. The van der Waals surface area contributed by atoms with Crippen molar-refractivity contribution in [2.45, 2.75) is 64.2 Å². The Morgan fingerprint density at radius 2 is 1.88 bits per heavy atom. The summed E-state index contributed by atoms with van der Waals surface area (Å²) in [6, 6.07) is 7.14. The van der Waals surface area contributed by atoms with Crippen molar-refractivity contribution in [2.75, 3.05) is 4.72 Å². The van der Waals surface area contributed by atoms with Crippen molar-refractivity contribution in [3.63, 3.8) is 0 Å². The minimum Gasteiger partial charge on any atom is -0.359 e. The second-order valence-corrected chi connectivity index (χ2v) is 7.80. The van der Waals surface area contributed by atoms with Crippen LogP contribution >= 0.6 is 0 Å². The number of rotatable bonds is 9. The molecule has 0 saturated carbocycles. The standard InChI is InChI=1S/C18H26N2O3S/c1-4-5-6-7-8-10-16-11-9-12-17(13-16)24(21,22)20-18-14(2)19-23-15(18)3/h9,11-13,20H,4-8,10H2,1-3H3. The Hall–Kier alpha value is -1.82. The lowest BCUT2D eigenvalue weighted by molar-refractivity contribution is 0.393. The molecular formula is C18H26N2O3S. The van der Waals surface area contributed by atoms with Crippen molar-refractivity contribution in [2.24, 2.45) is 0 Å². The SMILES string of the molecule is CCCCCCCc1cccc(S(=O)(=O)Nc2c(C)noc2C)c1. The van der Waals surface area contributed by atoms with E-state index in [0.717, 1.165) is 18.4 Å². The molecule has 0 saturated heterocycles. The summed E-state index contributed by atoms with van der Waals surface area (Å²) in [5, 5.41) is 3.77. The third kappa shape index (κ3) is 4.84. The summed E-state index contributed by atoms with van der Waals surface area (Å²) in [4.78, 5) is 0.272. The molecule has 1 aromatic heterocycles. The number of anilines is 1. The van der Waals surface area contributed by atoms with E-state index in [4.69, 9.17) is 4.52 Å². The van der Waals surface area contributed by atoms with E-state index in [1.165, 1.54) is 25.7 Å². The zero-order valence-electron chi connectivity index (χ0n) is 14.6. The first-order chi connectivity index (χ1) is 11.4. The molecule has 1 N–H and O–H groups in total. The smallest absolute Gasteiger partial charge is 0.262 e. The quantitative estimate of drug-likeness (QED) is 0.671. The van der Waals surface area contributed by atoms with Crippen LogP contribution in [0.4, 0.5) is 5.69 Å². The van der Waals surface area contributed by atoms with Gasteiger partial charge < -0.3 is 4.52 Å². The largest absolute Gasteiger partial charge is 0.359 e. The Kier molecular flexibility index (Phi) is 6.43. The van der Waals surface area contributed by atoms with Gasteiger partial charge in [-0.1, -0.05) is 49.9 Å².